The zero-order chi connectivity index (χ0) is 17.2. The van der Waals surface area contributed by atoms with Crippen molar-refractivity contribution in [3.8, 4) is 0 Å². The van der Waals surface area contributed by atoms with Crippen molar-refractivity contribution in [2.75, 3.05) is 18.4 Å². The molecule has 2 aromatic rings. The molecular weight excluding hydrogens is 346 g/mol. The van der Waals surface area contributed by atoms with Crippen molar-refractivity contribution in [1.82, 2.24) is 9.29 Å². The Bertz CT molecular complexity index is 818. The lowest BCUT2D eigenvalue weighted by atomic mass is 9.99. The number of hydrogen-bond acceptors (Lipinski definition) is 5. The van der Waals surface area contributed by atoms with E-state index >= 15 is 0 Å². The Kier molecular flexibility index (Phi) is 4.98. The number of aromatic nitrogens is 1. The van der Waals surface area contributed by atoms with Crippen molar-refractivity contribution < 1.29 is 13.2 Å². The van der Waals surface area contributed by atoms with Gasteiger partial charge in [0, 0.05) is 18.5 Å². The van der Waals surface area contributed by atoms with Crippen LogP contribution < -0.4 is 5.32 Å². The van der Waals surface area contributed by atoms with Crippen molar-refractivity contribution in [1.29, 1.82) is 0 Å². The Hall–Kier alpha value is -1.77. The van der Waals surface area contributed by atoms with Crippen LogP contribution in [0.2, 0.25) is 0 Å². The summed E-state index contributed by atoms with van der Waals surface area (Å²) >= 11 is 1.37. The largest absolute Gasteiger partial charge is 0.302 e. The lowest BCUT2D eigenvalue weighted by Gasteiger charge is -2.31. The normalized spacial score (nSPS) is 19.1. The third kappa shape index (κ3) is 3.66. The Morgan fingerprint density at radius 1 is 1.33 bits per heavy atom. The predicted molar refractivity (Wildman–Crippen MR) is 93.4 cm³/mol. The Balaban J connectivity index is 1.71. The summed E-state index contributed by atoms with van der Waals surface area (Å²) in [5.74, 6) is -0.529. The number of benzene rings is 1. The molecule has 0 saturated carbocycles. The first-order chi connectivity index (χ1) is 11.5. The van der Waals surface area contributed by atoms with Gasteiger partial charge in [0.1, 0.15) is 0 Å². The van der Waals surface area contributed by atoms with Gasteiger partial charge in [-0.15, -0.1) is 11.3 Å². The van der Waals surface area contributed by atoms with E-state index in [4.69, 9.17) is 0 Å². The number of anilines is 1. The maximum atomic E-state index is 12.7. The van der Waals surface area contributed by atoms with Crippen molar-refractivity contribution in [2.45, 2.75) is 24.7 Å². The quantitative estimate of drug-likeness (QED) is 0.903. The number of piperidine rings is 1. The van der Waals surface area contributed by atoms with Crippen molar-refractivity contribution in [3.63, 3.8) is 0 Å². The Morgan fingerprint density at radius 2 is 2.08 bits per heavy atom. The number of aryl methyl sites for hydroxylation is 1. The van der Waals surface area contributed by atoms with Crippen LogP contribution in [-0.2, 0) is 14.8 Å². The molecule has 1 aliphatic rings. The second-order valence-electron chi connectivity index (χ2n) is 5.80. The number of thiazole rings is 1. The predicted octanol–water partition coefficient (Wildman–Crippen LogP) is 2.49. The van der Waals surface area contributed by atoms with E-state index in [2.05, 4.69) is 10.3 Å². The molecule has 1 amide bonds. The van der Waals surface area contributed by atoms with E-state index in [0.29, 0.717) is 24.5 Å². The summed E-state index contributed by atoms with van der Waals surface area (Å²) in [7, 11) is -3.56. The van der Waals surface area contributed by atoms with Crippen LogP contribution in [0.5, 0.6) is 0 Å². The van der Waals surface area contributed by atoms with Gasteiger partial charge >= 0.3 is 0 Å². The number of nitrogens with one attached hydrogen (secondary N) is 1. The first kappa shape index (κ1) is 17.1. The fraction of sp³-hybridized carbons (Fsp3) is 0.375. The number of carbonyl (C=O) groups is 1. The van der Waals surface area contributed by atoms with E-state index < -0.39 is 10.0 Å². The van der Waals surface area contributed by atoms with Crippen LogP contribution in [0.25, 0.3) is 0 Å². The number of hydrogen-bond donors (Lipinski definition) is 1. The summed E-state index contributed by atoms with van der Waals surface area (Å²) in [6, 6.07) is 8.34. The highest BCUT2D eigenvalue weighted by Gasteiger charge is 2.33. The van der Waals surface area contributed by atoms with E-state index in [1.165, 1.54) is 15.6 Å². The maximum absolute atomic E-state index is 12.7. The van der Waals surface area contributed by atoms with E-state index in [1.54, 1.807) is 30.3 Å². The summed E-state index contributed by atoms with van der Waals surface area (Å²) in [5, 5.41) is 5.21. The molecule has 1 atom stereocenters. The fourth-order valence-electron chi connectivity index (χ4n) is 2.74. The lowest BCUT2D eigenvalue weighted by molar-refractivity contribution is -0.120. The van der Waals surface area contributed by atoms with E-state index in [0.717, 1.165) is 5.69 Å². The van der Waals surface area contributed by atoms with E-state index in [9.17, 15) is 13.2 Å². The molecule has 1 unspecified atom stereocenters. The number of nitrogens with zero attached hydrogens (tertiary/aromatic N) is 2. The van der Waals surface area contributed by atoms with E-state index in [-0.39, 0.29) is 23.3 Å². The first-order valence-corrected chi connectivity index (χ1v) is 10.1. The van der Waals surface area contributed by atoms with Gasteiger partial charge in [-0.3, -0.25) is 4.79 Å². The molecule has 1 fully saturated rings. The monoisotopic (exact) mass is 365 g/mol. The minimum atomic E-state index is -3.56. The van der Waals surface area contributed by atoms with Gasteiger partial charge in [-0.05, 0) is 31.9 Å². The van der Waals surface area contributed by atoms with Crippen molar-refractivity contribution in [2.24, 2.45) is 5.92 Å². The molecule has 0 aliphatic carbocycles. The number of rotatable bonds is 4. The molecule has 3 rings (SSSR count). The SMILES string of the molecule is Cc1csc(NC(=O)C2CCCN(S(=O)(=O)c3ccccc3)C2)n1. The van der Waals surface area contributed by atoms with Crippen LogP contribution in [0.3, 0.4) is 0 Å². The third-order valence-corrected chi connectivity index (χ3v) is 6.74. The van der Waals surface area contributed by atoms with Crippen LogP contribution in [0, 0.1) is 12.8 Å². The van der Waals surface area contributed by atoms with Crippen LogP contribution in [-0.4, -0.2) is 36.7 Å². The van der Waals surface area contributed by atoms with E-state index in [1.807, 2.05) is 12.3 Å². The molecule has 8 heteroatoms. The highest BCUT2D eigenvalue weighted by Crippen LogP contribution is 2.25. The molecule has 1 aromatic carbocycles. The number of carbonyl (C=O) groups excluding carboxylic acids is 1. The molecular formula is C16H19N3O3S2. The first-order valence-electron chi connectivity index (χ1n) is 7.75. The fourth-order valence-corrected chi connectivity index (χ4v) is 4.97. The smallest absolute Gasteiger partial charge is 0.243 e. The molecule has 1 aromatic heterocycles. The summed E-state index contributed by atoms with van der Waals surface area (Å²) in [6.45, 7) is 2.51. The van der Waals surface area contributed by atoms with Gasteiger partial charge in [-0.25, -0.2) is 13.4 Å². The molecule has 0 spiro atoms. The second kappa shape index (κ2) is 7.00. The van der Waals surface area contributed by atoms with Crippen LogP contribution >= 0.6 is 11.3 Å². The number of sulfonamides is 1. The minimum absolute atomic E-state index is 0.169. The van der Waals surface area contributed by atoms with Crippen LogP contribution in [0.1, 0.15) is 18.5 Å². The third-order valence-electron chi connectivity index (χ3n) is 3.99. The molecule has 24 heavy (non-hydrogen) atoms. The van der Waals surface area contributed by atoms with Gasteiger partial charge < -0.3 is 5.32 Å². The van der Waals surface area contributed by atoms with Gasteiger partial charge in [0.15, 0.2) is 5.13 Å². The maximum Gasteiger partial charge on any atom is 0.243 e. The van der Waals surface area contributed by atoms with Gasteiger partial charge in [-0.2, -0.15) is 4.31 Å². The zero-order valence-corrected chi connectivity index (χ0v) is 14.9. The molecule has 0 radical (unpaired) electrons. The molecule has 2 heterocycles. The molecule has 0 bridgehead atoms. The van der Waals surface area contributed by atoms with Crippen molar-refractivity contribution >= 4 is 32.4 Å². The zero-order valence-electron chi connectivity index (χ0n) is 13.3. The highest BCUT2D eigenvalue weighted by molar-refractivity contribution is 7.89. The average Bonchev–Trinajstić information content (AvgIpc) is 3.00. The topological polar surface area (TPSA) is 79.4 Å². The van der Waals surface area contributed by atoms with Crippen LogP contribution in [0.4, 0.5) is 5.13 Å². The van der Waals surface area contributed by atoms with Gasteiger partial charge in [0.05, 0.1) is 16.5 Å². The average molecular weight is 365 g/mol. The summed E-state index contributed by atoms with van der Waals surface area (Å²) in [4.78, 5) is 16.9. The van der Waals surface area contributed by atoms with Crippen molar-refractivity contribution in [3.05, 3.63) is 41.4 Å². The Labute approximate surface area is 145 Å². The van der Waals surface area contributed by atoms with Crippen LogP contribution in [0.15, 0.2) is 40.6 Å². The lowest BCUT2D eigenvalue weighted by Crippen LogP contribution is -2.43. The molecule has 1 aliphatic heterocycles. The molecule has 1 saturated heterocycles. The minimum Gasteiger partial charge on any atom is -0.302 e. The molecule has 128 valence electrons. The van der Waals surface area contributed by atoms with Gasteiger partial charge in [0.25, 0.3) is 0 Å². The van der Waals surface area contributed by atoms with Gasteiger partial charge in [0.2, 0.25) is 15.9 Å². The second-order valence-corrected chi connectivity index (χ2v) is 8.59. The standard InChI is InChI=1S/C16H19N3O3S2/c1-12-11-23-16(17-12)18-15(20)13-6-5-9-19(10-13)24(21,22)14-7-3-2-4-8-14/h2-4,7-8,11,13H,5-6,9-10H2,1H3,(H,17,18,20). The van der Waals surface area contributed by atoms with Gasteiger partial charge in [-0.1, -0.05) is 18.2 Å². The Morgan fingerprint density at radius 3 is 2.75 bits per heavy atom. The molecule has 6 nitrogen and oxygen atoms in total. The summed E-state index contributed by atoms with van der Waals surface area (Å²) in [5.41, 5.74) is 0.854. The summed E-state index contributed by atoms with van der Waals surface area (Å²) in [6.07, 6.45) is 1.35. The molecule has 1 N–H and O–H groups in total. The highest BCUT2D eigenvalue weighted by atomic mass is 32.2. The summed E-state index contributed by atoms with van der Waals surface area (Å²) < 4.78 is 26.8. The number of amides is 1.